The number of aryl methyl sites for hydroxylation is 1. The van der Waals surface area contributed by atoms with Gasteiger partial charge in [0.2, 0.25) is 0 Å². The van der Waals surface area contributed by atoms with Gasteiger partial charge in [-0.05, 0) is 43.9 Å². The lowest BCUT2D eigenvalue weighted by atomic mass is 9.95. The molecule has 1 saturated heterocycles. The zero-order valence-electron chi connectivity index (χ0n) is 16.1. The summed E-state index contributed by atoms with van der Waals surface area (Å²) >= 11 is 3.48. The molecule has 0 amide bonds. The predicted molar refractivity (Wildman–Crippen MR) is 117 cm³/mol. The van der Waals surface area contributed by atoms with Gasteiger partial charge in [-0.1, -0.05) is 52.7 Å². The monoisotopic (exact) mass is 438 g/mol. The summed E-state index contributed by atoms with van der Waals surface area (Å²) in [5.74, 6) is -0.248. The van der Waals surface area contributed by atoms with Crippen LogP contribution in [0.1, 0.15) is 35.7 Å². The molecule has 144 valence electrons. The van der Waals surface area contributed by atoms with Crippen molar-refractivity contribution in [3.05, 3.63) is 58.1 Å². The first-order valence-electron chi connectivity index (χ1n) is 9.62. The van der Waals surface area contributed by atoms with E-state index in [4.69, 9.17) is 4.98 Å². The molecular weight excluding hydrogens is 416 g/mol. The molecule has 0 radical (unpaired) electrons. The zero-order chi connectivity index (χ0) is 19.8. The largest absolute Gasteiger partial charge is 0.478 e. The molecular formula is C23H23BrN2O2. The maximum Gasteiger partial charge on any atom is 0.338 e. The number of rotatable bonds is 3. The molecule has 1 N–H and O–H groups in total. The summed E-state index contributed by atoms with van der Waals surface area (Å²) < 4.78 is 0.852. The molecule has 0 unspecified atom stereocenters. The Kier molecular flexibility index (Phi) is 5.11. The fourth-order valence-corrected chi connectivity index (χ4v) is 4.26. The number of hydrogen-bond donors (Lipinski definition) is 1. The molecule has 1 aliphatic heterocycles. The highest BCUT2D eigenvalue weighted by Gasteiger charge is 2.27. The molecule has 2 aromatic carbocycles. The van der Waals surface area contributed by atoms with Crippen molar-refractivity contribution in [2.45, 2.75) is 26.7 Å². The molecule has 1 fully saturated rings. The molecule has 0 atom stereocenters. The second kappa shape index (κ2) is 7.55. The van der Waals surface area contributed by atoms with E-state index in [2.05, 4.69) is 27.8 Å². The number of nitrogens with zero attached hydrogens (tertiary/aromatic N) is 2. The predicted octanol–water partition coefficient (Wildman–Crippen LogP) is 5.91. The Morgan fingerprint density at radius 3 is 2.46 bits per heavy atom. The highest BCUT2D eigenvalue weighted by molar-refractivity contribution is 9.10. The van der Waals surface area contributed by atoms with E-state index in [1.165, 1.54) is 5.56 Å². The quantitative estimate of drug-likeness (QED) is 0.552. The van der Waals surface area contributed by atoms with Crippen molar-refractivity contribution in [3.63, 3.8) is 0 Å². The molecule has 3 aromatic rings. The molecule has 28 heavy (non-hydrogen) atoms. The first kappa shape index (κ1) is 18.9. The molecule has 0 saturated carbocycles. The molecule has 1 aliphatic rings. The van der Waals surface area contributed by atoms with Crippen LogP contribution < -0.4 is 4.90 Å². The molecule has 0 aliphatic carbocycles. The van der Waals surface area contributed by atoms with Crippen LogP contribution in [0.2, 0.25) is 0 Å². The van der Waals surface area contributed by atoms with Crippen LogP contribution in [0.25, 0.3) is 22.2 Å². The molecule has 0 bridgehead atoms. The van der Waals surface area contributed by atoms with Crippen LogP contribution in [0.3, 0.4) is 0 Å². The summed E-state index contributed by atoms with van der Waals surface area (Å²) in [4.78, 5) is 19.6. The lowest BCUT2D eigenvalue weighted by Crippen LogP contribution is -2.34. The summed E-state index contributed by atoms with van der Waals surface area (Å²) in [6.07, 6.45) is 2.12. The lowest BCUT2D eigenvalue weighted by Gasteiger charge is -2.34. The van der Waals surface area contributed by atoms with Gasteiger partial charge in [0.05, 0.1) is 22.5 Å². The van der Waals surface area contributed by atoms with E-state index in [0.717, 1.165) is 47.3 Å². The first-order chi connectivity index (χ1) is 13.4. The molecule has 4 rings (SSSR count). The minimum absolute atomic E-state index is 0.344. The van der Waals surface area contributed by atoms with Gasteiger partial charge in [0.15, 0.2) is 0 Å². The van der Waals surface area contributed by atoms with E-state index in [0.29, 0.717) is 22.4 Å². The van der Waals surface area contributed by atoms with Gasteiger partial charge in [-0.2, -0.15) is 0 Å². The normalized spacial score (nSPS) is 15.2. The average molecular weight is 439 g/mol. The minimum Gasteiger partial charge on any atom is -0.478 e. The third-order valence-electron chi connectivity index (χ3n) is 5.56. The van der Waals surface area contributed by atoms with E-state index in [9.17, 15) is 9.90 Å². The van der Waals surface area contributed by atoms with Crippen molar-refractivity contribution in [3.8, 4) is 11.3 Å². The SMILES string of the molecule is Cc1ccc(-c2nc3ccc(Br)cc3c(C(=O)O)c2N2CCC(C)CC2)cc1. The van der Waals surface area contributed by atoms with Crippen molar-refractivity contribution >= 4 is 38.5 Å². The topological polar surface area (TPSA) is 53.4 Å². The van der Waals surface area contributed by atoms with E-state index in [1.54, 1.807) is 0 Å². The second-order valence-corrected chi connectivity index (χ2v) is 8.60. The van der Waals surface area contributed by atoms with Crippen LogP contribution in [0.4, 0.5) is 5.69 Å². The van der Waals surface area contributed by atoms with Gasteiger partial charge in [0.25, 0.3) is 0 Å². The third kappa shape index (κ3) is 3.51. The first-order valence-corrected chi connectivity index (χ1v) is 10.4. The average Bonchev–Trinajstić information content (AvgIpc) is 2.68. The van der Waals surface area contributed by atoms with Crippen molar-refractivity contribution in [1.29, 1.82) is 0 Å². The summed E-state index contributed by atoms with van der Waals surface area (Å²) in [5.41, 5.74) is 4.66. The lowest BCUT2D eigenvalue weighted by molar-refractivity contribution is 0.0699. The standard InChI is InChI=1S/C23H23BrN2O2/c1-14-3-5-16(6-4-14)21-22(26-11-9-15(2)10-12-26)20(23(27)28)18-13-17(24)7-8-19(18)25-21/h3-8,13,15H,9-12H2,1-2H3,(H,27,28). The van der Waals surface area contributed by atoms with E-state index < -0.39 is 5.97 Å². The number of carboxylic acids is 1. The zero-order valence-corrected chi connectivity index (χ0v) is 17.7. The number of fused-ring (bicyclic) bond motifs is 1. The minimum atomic E-state index is -0.910. The van der Waals surface area contributed by atoms with E-state index >= 15 is 0 Å². The van der Waals surface area contributed by atoms with Crippen LogP contribution in [-0.4, -0.2) is 29.1 Å². The smallest absolute Gasteiger partial charge is 0.338 e. The summed E-state index contributed by atoms with van der Waals surface area (Å²) in [7, 11) is 0. The van der Waals surface area contributed by atoms with Crippen molar-refractivity contribution in [2.24, 2.45) is 5.92 Å². The number of piperidine rings is 1. The van der Waals surface area contributed by atoms with E-state index in [-0.39, 0.29) is 0 Å². The summed E-state index contributed by atoms with van der Waals surface area (Å²) in [6, 6.07) is 13.8. The Hall–Kier alpha value is -2.40. The van der Waals surface area contributed by atoms with Gasteiger partial charge in [-0.15, -0.1) is 0 Å². The molecule has 5 heteroatoms. The van der Waals surface area contributed by atoms with Gasteiger partial charge < -0.3 is 10.0 Å². The Labute approximate surface area is 173 Å². The van der Waals surface area contributed by atoms with Crippen LogP contribution >= 0.6 is 15.9 Å². The van der Waals surface area contributed by atoms with Gasteiger partial charge in [0, 0.05) is 28.5 Å². The second-order valence-electron chi connectivity index (χ2n) is 7.69. The molecule has 2 heterocycles. The van der Waals surface area contributed by atoms with E-state index in [1.807, 2.05) is 49.4 Å². The Balaban J connectivity index is 2.03. The van der Waals surface area contributed by atoms with Crippen molar-refractivity contribution in [2.75, 3.05) is 18.0 Å². The summed E-state index contributed by atoms with van der Waals surface area (Å²) in [5, 5.41) is 10.9. The van der Waals surface area contributed by atoms with Crippen molar-refractivity contribution in [1.82, 2.24) is 4.98 Å². The Morgan fingerprint density at radius 1 is 1.14 bits per heavy atom. The number of halogens is 1. The van der Waals surface area contributed by atoms with Gasteiger partial charge >= 0.3 is 5.97 Å². The third-order valence-corrected chi connectivity index (χ3v) is 6.05. The number of anilines is 1. The number of pyridine rings is 1. The van der Waals surface area contributed by atoms with Gasteiger partial charge in [0.1, 0.15) is 0 Å². The fraction of sp³-hybridized carbons (Fsp3) is 0.304. The van der Waals surface area contributed by atoms with Gasteiger partial charge in [-0.25, -0.2) is 9.78 Å². The Bertz CT molecular complexity index is 1040. The van der Waals surface area contributed by atoms with Crippen LogP contribution in [0.5, 0.6) is 0 Å². The van der Waals surface area contributed by atoms with Crippen LogP contribution in [0, 0.1) is 12.8 Å². The highest BCUT2D eigenvalue weighted by atomic mass is 79.9. The highest BCUT2D eigenvalue weighted by Crippen LogP contribution is 2.39. The number of carbonyl (C=O) groups is 1. The van der Waals surface area contributed by atoms with Crippen molar-refractivity contribution < 1.29 is 9.90 Å². The van der Waals surface area contributed by atoms with Crippen LogP contribution in [-0.2, 0) is 0 Å². The molecule has 0 spiro atoms. The number of carboxylic acid groups (broad SMARTS) is 1. The number of aromatic nitrogens is 1. The fourth-order valence-electron chi connectivity index (χ4n) is 3.89. The number of aromatic carboxylic acids is 1. The number of benzene rings is 2. The van der Waals surface area contributed by atoms with Crippen LogP contribution in [0.15, 0.2) is 46.9 Å². The van der Waals surface area contributed by atoms with Gasteiger partial charge in [-0.3, -0.25) is 0 Å². The number of hydrogen-bond acceptors (Lipinski definition) is 3. The maximum absolute atomic E-state index is 12.4. The summed E-state index contributed by atoms with van der Waals surface area (Å²) in [6.45, 7) is 6.00. The Morgan fingerprint density at radius 2 is 1.82 bits per heavy atom. The maximum atomic E-state index is 12.4. The molecule has 1 aromatic heterocycles. The molecule has 4 nitrogen and oxygen atoms in total.